The number of rotatable bonds is 5. The van der Waals surface area contributed by atoms with Crippen LogP contribution in [0.1, 0.15) is 42.6 Å². The lowest BCUT2D eigenvalue weighted by Crippen LogP contribution is -2.17. The van der Waals surface area contributed by atoms with Crippen molar-refractivity contribution in [2.24, 2.45) is 5.73 Å². The highest BCUT2D eigenvalue weighted by Gasteiger charge is 2.19. The van der Waals surface area contributed by atoms with Crippen LogP contribution in [0.2, 0.25) is 0 Å². The first-order chi connectivity index (χ1) is 8.27. The van der Waals surface area contributed by atoms with Gasteiger partial charge in [-0.1, -0.05) is 17.8 Å². The van der Waals surface area contributed by atoms with Crippen LogP contribution in [0.5, 0.6) is 0 Å². The molecule has 6 heteroatoms. The first kappa shape index (κ1) is 12.2. The number of nitrogens with two attached hydrogens (primary N) is 1. The highest BCUT2D eigenvalue weighted by molar-refractivity contribution is 7.05. The summed E-state index contributed by atoms with van der Waals surface area (Å²) in [6.45, 7) is 5.01. The molecule has 2 N–H and O–H groups in total. The highest BCUT2D eigenvalue weighted by atomic mass is 32.1. The van der Waals surface area contributed by atoms with Gasteiger partial charge in [-0.15, -0.1) is 5.10 Å². The quantitative estimate of drug-likeness (QED) is 0.879. The Kier molecular flexibility index (Phi) is 3.86. The summed E-state index contributed by atoms with van der Waals surface area (Å²) in [4.78, 5) is 1.06. The first-order valence-corrected chi connectivity index (χ1v) is 6.63. The van der Waals surface area contributed by atoms with Gasteiger partial charge in [0.25, 0.3) is 0 Å². The monoisotopic (exact) mass is 251 g/mol. The molecule has 0 saturated heterocycles. The van der Waals surface area contributed by atoms with Gasteiger partial charge in [-0.05, 0) is 30.9 Å². The molecule has 0 bridgehead atoms. The Balaban J connectivity index is 2.30. The largest absolute Gasteiger partial charge is 0.318 e. The second-order valence-corrected chi connectivity index (χ2v) is 4.67. The van der Waals surface area contributed by atoms with E-state index in [-0.39, 0.29) is 6.04 Å². The molecule has 0 aliphatic carbocycles. The van der Waals surface area contributed by atoms with Crippen LogP contribution in [0.3, 0.4) is 0 Å². The Morgan fingerprint density at radius 3 is 3.00 bits per heavy atom. The van der Waals surface area contributed by atoms with Gasteiger partial charge in [0.05, 0.1) is 22.3 Å². The maximum absolute atomic E-state index is 6.28. The Labute approximate surface area is 105 Å². The molecule has 0 spiro atoms. The minimum atomic E-state index is -0.168. The van der Waals surface area contributed by atoms with Crippen LogP contribution in [0.15, 0.2) is 12.3 Å². The fraction of sp³-hybridized carbons (Fsp3) is 0.545. The van der Waals surface area contributed by atoms with E-state index in [1.807, 2.05) is 10.7 Å². The van der Waals surface area contributed by atoms with E-state index in [0.29, 0.717) is 0 Å². The maximum atomic E-state index is 6.28. The topological polar surface area (TPSA) is 69.6 Å². The van der Waals surface area contributed by atoms with Gasteiger partial charge in [-0.25, -0.2) is 0 Å². The average Bonchev–Trinajstić information content (AvgIpc) is 2.96. The van der Waals surface area contributed by atoms with E-state index < -0.39 is 0 Å². The zero-order chi connectivity index (χ0) is 12.3. The summed E-state index contributed by atoms with van der Waals surface area (Å²) >= 11 is 1.39. The number of hydrogen-bond acceptors (Lipinski definition) is 5. The minimum Gasteiger partial charge on any atom is -0.318 e. The number of aromatic nitrogens is 4. The van der Waals surface area contributed by atoms with E-state index in [2.05, 4.69) is 28.5 Å². The third-order valence-corrected chi connectivity index (χ3v) is 3.57. The van der Waals surface area contributed by atoms with Crippen molar-refractivity contribution in [3.05, 3.63) is 28.5 Å². The number of nitrogens with zero attached hydrogens (tertiary/aromatic N) is 4. The van der Waals surface area contributed by atoms with Crippen molar-refractivity contribution in [2.45, 2.75) is 39.3 Å². The van der Waals surface area contributed by atoms with Gasteiger partial charge in [-0.3, -0.25) is 4.68 Å². The first-order valence-electron chi connectivity index (χ1n) is 5.86. The Bertz CT molecular complexity index is 476. The van der Waals surface area contributed by atoms with Crippen molar-refractivity contribution in [2.75, 3.05) is 0 Å². The average molecular weight is 251 g/mol. The van der Waals surface area contributed by atoms with Gasteiger partial charge < -0.3 is 5.73 Å². The molecule has 1 atom stereocenters. The van der Waals surface area contributed by atoms with E-state index in [0.717, 1.165) is 35.7 Å². The maximum Gasteiger partial charge on any atom is 0.0852 e. The lowest BCUT2D eigenvalue weighted by atomic mass is 10.1. The molecule has 0 radical (unpaired) electrons. The van der Waals surface area contributed by atoms with Crippen molar-refractivity contribution in [3.63, 3.8) is 0 Å². The molecule has 1 unspecified atom stereocenters. The van der Waals surface area contributed by atoms with E-state index in [1.165, 1.54) is 11.5 Å². The third-order valence-electron chi connectivity index (χ3n) is 2.72. The summed E-state index contributed by atoms with van der Waals surface area (Å²) in [5, 5.41) is 8.39. The fourth-order valence-corrected chi connectivity index (χ4v) is 2.58. The lowest BCUT2D eigenvalue weighted by molar-refractivity contribution is 0.601. The summed E-state index contributed by atoms with van der Waals surface area (Å²) < 4.78 is 5.93. The highest BCUT2D eigenvalue weighted by Crippen LogP contribution is 2.25. The molecule has 2 rings (SSSR count). The van der Waals surface area contributed by atoms with Crippen molar-refractivity contribution < 1.29 is 0 Å². The zero-order valence-electron chi connectivity index (χ0n) is 10.1. The fourth-order valence-electron chi connectivity index (χ4n) is 1.87. The van der Waals surface area contributed by atoms with Gasteiger partial charge in [0, 0.05) is 12.7 Å². The molecule has 2 heterocycles. The van der Waals surface area contributed by atoms with E-state index in [4.69, 9.17) is 5.73 Å². The van der Waals surface area contributed by atoms with Crippen LogP contribution < -0.4 is 5.73 Å². The SMILES string of the molecule is CCCc1nnsc1C(N)c1ccnn1CC. The van der Waals surface area contributed by atoms with Crippen LogP contribution in [-0.2, 0) is 13.0 Å². The molecule has 0 saturated carbocycles. The van der Waals surface area contributed by atoms with Gasteiger partial charge in [0.2, 0.25) is 0 Å². The number of aryl methyl sites for hydroxylation is 2. The summed E-state index contributed by atoms with van der Waals surface area (Å²) in [6, 6.07) is 1.79. The molecule has 0 aromatic carbocycles. The summed E-state index contributed by atoms with van der Waals surface area (Å²) in [6.07, 6.45) is 3.77. The minimum absolute atomic E-state index is 0.168. The molecular weight excluding hydrogens is 234 g/mol. The van der Waals surface area contributed by atoms with Crippen molar-refractivity contribution in [3.8, 4) is 0 Å². The lowest BCUT2D eigenvalue weighted by Gasteiger charge is -2.12. The van der Waals surface area contributed by atoms with Crippen molar-refractivity contribution >= 4 is 11.5 Å². The second kappa shape index (κ2) is 5.37. The third kappa shape index (κ3) is 2.37. The molecule has 0 fully saturated rings. The predicted octanol–water partition coefficient (Wildman–Crippen LogP) is 1.76. The standard InChI is InChI=1S/C11H17N5S/c1-3-5-8-11(17-15-14-8)10(12)9-6-7-13-16(9)4-2/h6-7,10H,3-5,12H2,1-2H3. The normalized spacial score (nSPS) is 12.9. The van der Waals surface area contributed by atoms with Crippen LogP contribution in [-0.4, -0.2) is 19.4 Å². The molecule has 0 amide bonds. The van der Waals surface area contributed by atoms with Crippen molar-refractivity contribution in [1.29, 1.82) is 0 Å². The molecular formula is C11H17N5S. The molecule has 2 aromatic rings. The summed E-state index contributed by atoms with van der Waals surface area (Å²) in [5.74, 6) is 0. The number of hydrogen-bond donors (Lipinski definition) is 1. The molecule has 92 valence electrons. The Morgan fingerprint density at radius 1 is 1.47 bits per heavy atom. The van der Waals surface area contributed by atoms with Gasteiger partial charge in [-0.2, -0.15) is 5.10 Å². The Hall–Kier alpha value is -1.27. The van der Waals surface area contributed by atoms with E-state index in [1.54, 1.807) is 6.20 Å². The van der Waals surface area contributed by atoms with E-state index >= 15 is 0 Å². The summed E-state index contributed by atoms with van der Waals surface area (Å²) in [7, 11) is 0. The van der Waals surface area contributed by atoms with Crippen molar-refractivity contribution in [1.82, 2.24) is 19.4 Å². The molecule has 17 heavy (non-hydrogen) atoms. The van der Waals surface area contributed by atoms with Gasteiger partial charge >= 0.3 is 0 Å². The van der Waals surface area contributed by atoms with Crippen LogP contribution >= 0.6 is 11.5 Å². The van der Waals surface area contributed by atoms with Crippen LogP contribution in [0.4, 0.5) is 0 Å². The van der Waals surface area contributed by atoms with Gasteiger partial charge in [0.15, 0.2) is 0 Å². The zero-order valence-corrected chi connectivity index (χ0v) is 10.9. The summed E-state index contributed by atoms with van der Waals surface area (Å²) in [5.41, 5.74) is 8.33. The predicted molar refractivity (Wildman–Crippen MR) is 67.8 cm³/mol. The molecule has 2 aromatic heterocycles. The van der Waals surface area contributed by atoms with Crippen LogP contribution in [0.25, 0.3) is 0 Å². The van der Waals surface area contributed by atoms with Crippen LogP contribution in [0, 0.1) is 0 Å². The molecule has 0 aliphatic rings. The molecule has 5 nitrogen and oxygen atoms in total. The molecule has 0 aliphatic heterocycles. The second-order valence-electron chi connectivity index (χ2n) is 3.88. The van der Waals surface area contributed by atoms with Gasteiger partial charge in [0.1, 0.15) is 0 Å². The van der Waals surface area contributed by atoms with E-state index in [9.17, 15) is 0 Å². The smallest absolute Gasteiger partial charge is 0.0852 e. The Morgan fingerprint density at radius 2 is 2.29 bits per heavy atom.